The molecule has 1 atom stereocenters. The molecular formula is C14H22ClFN2O4S. The molecular weight excluding hydrogens is 347 g/mol. The summed E-state index contributed by atoms with van der Waals surface area (Å²) >= 11 is 0. The van der Waals surface area contributed by atoms with Crippen molar-refractivity contribution in [3.05, 3.63) is 29.6 Å². The molecule has 0 heterocycles. The topological polar surface area (TPSA) is 98.5 Å². The summed E-state index contributed by atoms with van der Waals surface area (Å²) in [7, 11) is -2.97. The highest BCUT2D eigenvalue weighted by Gasteiger charge is 2.26. The summed E-state index contributed by atoms with van der Waals surface area (Å²) in [5, 5.41) is 0. The molecule has 1 rings (SSSR count). The van der Waals surface area contributed by atoms with Crippen molar-refractivity contribution in [3.63, 3.8) is 0 Å². The maximum absolute atomic E-state index is 13.4. The van der Waals surface area contributed by atoms with Gasteiger partial charge in [0, 0.05) is 12.6 Å². The van der Waals surface area contributed by atoms with Crippen LogP contribution in [-0.2, 0) is 14.8 Å². The number of ether oxygens (including phenoxy) is 1. The third-order valence-electron chi connectivity index (χ3n) is 3.00. The Balaban J connectivity index is 0.00000484. The molecule has 132 valence electrons. The summed E-state index contributed by atoms with van der Waals surface area (Å²) in [4.78, 5) is 11.2. The van der Waals surface area contributed by atoms with Gasteiger partial charge in [-0.25, -0.2) is 22.3 Å². The van der Waals surface area contributed by atoms with Gasteiger partial charge < -0.3 is 10.5 Å². The van der Waals surface area contributed by atoms with Crippen molar-refractivity contribution in [2.24, 2.45) is 11.7 Å². The van der Waals surface area contributed by atoms with E-state index in [9.17, 15) is 17.6 Å². The quantitative estimate of drug-likeness (QED) is 0.713. The van der Waals surface area contributed by atoms with E-state index in [2.05, 4.69) is 9.46 Å². The molecule has 0 spiro atoms. The number of esters is 1. The molecule has 0 aliphatic carbocycles. The van der Waals surface area contributed by atoms with E-state index in [-0.39, 0.29) is 30.4 Å². The van der Waals surface area contributed by atoms with E-state index in [0.29, 0.717) is 6.42 Å². The number of benzene rings is 1. The van der Waals surface area contributed by atoms with E-state index < -0.39 is 32.7 Å². The van der Waals surface area contributed by atoms with E-state index >= 15 is 0 Å². The first kappa shape index (κ1) is 21.8. The molecule has 1 aromatic carbocycles. The van der Waals surface area contributed by atoms with Crippen molar-refractivity contribution in [1.29, 1.82) is 0 Å². The van der Waals surface area contributed by atoms with Crippen LogP contribution in [0, 0.1) is 11.7 Å². The zero-order valence-corrected chi connectivity index (χ0v) is 14.8. The number of rotatable bonds is 7. The summed E-state index contributed by atoms with van der Waals surface area (Å²) in [5.74, 6) is -1.39. The van der Waals surface area contributed by atoms with E-state index in [1.54, 1.807) is 0 Å². The van der Waals surface area contributed by atoms with Crippen LogP contribution < -0.4 is 10.5 Å². The molecule has 0 aliphatic heterocycles. The van der Waals surface area contributed by atoms with Gasteiger partial charge in [-0.1, -0.05) is 13.8 Å². The first-order chi connectivity index (χ1) is 10.2. The fourth-order valence-corrected chi connectivity index (χ4v) is 3.51. The third-order valence-corrected chi connectivity index (χ3v) is 4.56. The first-order valence-corrected chi connectivity index (χ1v) is 8.29. The standard InChI is InChI=1S/C14H21FN2O4S.ClH/c1-9(2)6-11(8-16)17-22(19,20)13-7-10(15)4-5-12(13)14(18)21-3;/h4-5,7,9,11,17H,6,8,16H2,1-3H3;1H. The van der Waals surface area contributed by atoms with Crippen molar-refractivity contribution < 1.29 is 22.3 Å². The average Bonchev–Trinajstić information content (AvgIpc) is 2.44. The normalized spacial score (nSPS) is 12.6. The monoisotopic (exact) mass is 368 g/mol. The lowest BCUT2D eigenvalue weighted by Crippen LogP contribution is -2.41. The minimum atomic E-state index is -4.10. The lowest BCUT2D eigenvalue weighted by molar-refractivity contribution is 0.0596. The fraction of sp³-hybridized carbons (Fsp3) is 0.500. The van der Waals surface area contributed by atoms with Gasteiger partial charge in [-0.2, -0.15) is 0 Å². The van der Waals surface area contributed by atoms with Crippen LogP contribution in [0.4, 0.5) is 4.39 Å². The van der Waals surface area contributed by atoms with Gasteiger partial charge in [-0.3, -0.25) is 0 Å². The van der Waals surface area contributed by atoms with Crippen LogP contribution >= 0.6 is 12.4 Å². The number of sulfonamides is 1. The Morgan fingerprint density at radius 2 is 2.00 bits per heavy atom. The smallest absolute Gasteiger partial charge is 0.339 e. The predicted octanol–water partition coefficient (Wildman–Crippen LogP) is 1.69. The highest BCUT2D eigenvalue weighted by molar-refractivity contribution is 7.89. The highest BCUT2D eigenvalue weighted by Crippen LogP contribution is 2.19. The van der Waals surface area contributed by atoms with Gasteiger partial charge in [-0.15, -0.1) is 12.4 Å². The van der Waals surface area contributed by atoms with E-state index in [1.165, 1.54) is 0 Å². The zero-order chi connectivity index (χ0) is 16.9. The summed E-state index contributed by atoms with van der Waals surface area (Å²) in [6.45, 7) is 3.96. The van der Waals surface area contributed by atoms with E-state index in [4.69, 9.17) is 5.73 Å². The van der Waals surface area contributed by atoms with Crippen molar-refractivity contribution >= 4 is 28.4 Å². The molecule has 1 aromatic rings. The molecule has 0 fully saturated rings. The van der Waals surface area contributed by atoms with Crippen LogP contribution in [0.25, 0.3) is 0 Å². The molecule has 0 bridgehead atoms. The fourth-order valence-electron chi connectivity index (χ4n) is 2.04. The molecule has 0 saturated heterocycles. The number of hydrogen-bond acceptors (Lipinski definition) is 5. The van der Waals surface area contributed by atoms with Crippen LogP contribution in [0.3, 0.4) is 0 Å². The van der Waals surface area contributed by atoms with Crippen molar-refractivity contribution in [2.75, 3.05) is 13.7 Å². The van der Waals surface area contributed by atoms with Crippen LogP contribution in [0.15, 0.2) is 23.1 Å². The molecule has 0 radical (unpaired) electrons. The Hall–Kier alpha value is -1.22. The Labute approximate surface area is 142 Å². The molecule has 6 nitrogen and oxygen atoms in total. The summed E-state index contributed by atoms with van der Waals surface area (Å²) < 4.78 is 45.2. The summed E-state index contributed by atoms with van der Waals surface area (Å²) in [6, 6.07) is 2.37. The number of hydrogen-bond donors (Lipinski definition) is 2. The summed E-state index contributed by atoms with van der Waals surface area (Å²) in [5.41, 5.74) is 5.34. The van der Waals surface area contributed by atoms with Gasteiger partial charge in [0.2, 0.25) is 10.0 Å². The second-order valence-corrected chi connectivity index (χ2v) is 7.00. The molecule has 0 amide bonds. The minimum Gasteiger partial charge on any atom is -0.465 e. The molecule has 0 aliphatic rings. The predicted molar refractivity (Wildman–Crippen MR) is 87.6 cm³/mol. The second-order valence-electron chi connectivity index (χ2n) is 5.32. The van der Waals surface area contributed by atoms with Crippen LogP contribution in [-0.4, -0.2) is 34.1 Å². The van der Waals surface area contributed by atoms with Gasteiger partial charge in [0.15, 0.2) is 0 Å². The lowest BCUT2D eigenvalue weighted by atomic mass is 10.1. The Morgan fingerprint density at radius 1 is 1.39 bits per heavy atom. The van der Waals surface area contributed by atoms with Crippen molar-refractivity contribution in [1.82, 2.24) is 4.72 Å². The van der Waals surface area contributed by atoms with Crippen LogP contribution in [0.5, 0.6) is 0 Å². The highest BCUT2D eigenvalue weighted by atomic mass is 35.5. The van der Waals surface area contributed by atoms with Gasteiger partial charge in [0.1, 0.15) is 5.82 Å². The molecule has 0 aromatic heterocycles. The van der Waals surface area contributed by atoms with Gasteiger partial charge in [0.05, 0.1) is 17.6 Å². The molecule has 3 N–H and O–H groups in total. The maximum Gasteiger partial charge on any atom is 0.339 e. The minimum absolute atomic E-state index is 0. The number of nitrogens with two attached hydrogens (primary N) is 1. The number of carbonyl (C=O) groups excluding carboxylic acids is 1. The largest absolute Gasteiger partial charge is 0.465 e. The molecule has 0 saturated carbocycles. The van der Waals surface area contributed by atoms with Crippen molar-refractivity contribution in [2.45, 2.75) is 31.2 Å². The van der Waals surface area contributed by atoms with Crippen LogP contribution in [0.1, 0.15) is 30.6 Å². The SMILES string of the molecule is COC(=O)c1ccc(F)cc1S(=O)(=O)NC(CN)CC(C)C.Cl. The summed E-state index contributed by atoms with van der Waals surface area (Å²) in [6.07, 6.45) is 0.526. The number of methoxy groups -OCH3 is 1. The number of halogens is 2. The molecule has 9 heteroatoms. The van der Waals surface area contributed by atoms with E-state index in [1.807, 2.05) is 13.8 Å². The lowest BCUT2D eigenvalue weighted by Gasteiger charge is -2.19. The van der Waals surface area contributed by atoms with Gasteiger partial charge >= 0.3 is 5.97 Å². The Morgan fingerprint density at radius 3 is 2.48 bits per heavy atom. The van der Waals surface area contributed by atoms with Crippen LogP contribution in [0.2, 0.25) is 0 Å². The maximum atomic E-state index is 13.4. The number of carbonyl (C=O) groups is 1. The average molecular weight is 369 g/mol. The third kappa shape index (κ3) is 6.06. The first-order valence-electron chi connectivity index (χ1n) is 6.81. The van der Waals surface area contributed by atoms with Gasteiger partial charge in [0.25, 0.3) is 0 Å². The molecule has 23 heavy (non-hydrogen) atoms. The van der Waals surface area contributed by atoms with E-state index in [0.717, 1.165) is 25.3 Å². The van der Waals surface area contributed by atoms with Crippen molar-refractivity contribution in [3.8, 4) is 0 Å². The van der Waals surface area contributed by atoms with Gasteiger partial charge in [-0.05, 0) is 30.5 Å². The zero-order valence-electron chi connectivity index (χ0n) is 13.2. The second kappa shape index (κ2) is 9.17. The Kier molecular flexibility index (Phi) is 8.68. The number of nitrogens with one attached hydrogen (secondary N) is 1. The molecule has 1 unspecified atom stereocenters. The Bertz CT molecular complexity index is 638.